The highest BCUT2D eigenvalue weighted by Crippen LogP contribution is 2.38. The van der Waals surface area contributed by atoms with E-state index in [4.69, 9.17) is 4.74 Å². The van der Waals surface area contributed by atoms with Crippen molar-refractivity contribution in [2.24, 2.45) is 0 Å². The zero-order valence-corrected chi connectivity index (χ0v) is 7.98. The number of hydrogen-bond donors (Lipinski definition) is 0. The molecule has 1 nitrogen and oxygen atoms in total. The van der Waals surface area contributed by atoms with Crippen LogP contribution in [0.2, 0.25) is 0 Å². The third kappa shape index (κ3) is 2.19. The molecule has 0 heterocycles. The Labute approximate surface area is 80.5 Å². The van der Waals surface area contributed by atoms with Crippen LogP contribution in [0.3, 0.4) is 0 Å². The molecule has 4 heteroatoms. The number of rotatable bonds is 2. The van der Waals surface area contributed by atoms with Crippen LogP contribution in [0.5, 0.6) is 5.75 Å². The van der Waals surface area contributed by atoms with Gasteiger partial charge < -0.3 is 4.74 Å². The molecular formula is C10H11F3O. The highest BCUT2D eigenvalue weighted by molar-refractivity contribution is 5.41. The van der Waals surface area contributed by atoms with E-state index in [9.17, 15) is 13.2 Å². The van der Waals surface area contributed by atoms with Gasteiger partial charge in [-0.15, -0.1) is 0 Å². The third-order valence-electron chi connectivity index (χ3n) is 1.82. The van der Waals surface area contributed by atoms with Crippen LogP contribution in [0.15, 0.2) is 18.2 Å². The second kappa shape index (κ2) is 3.90. The Balaban J connectivity index is 3.22. The molecule has 0 aliphatic rings. The van der Waals surface area contributed by atoms with Crippen LogP contribution in [-0.4, -0.2) is 6.61 Å². The first-order valence-corrected chi connectivity index (χ1v) is 4.26. The van der Waals surface area contributed by atoms with Crippen LogP contribution in [0.4, 0.5) is 13.2 Å². The summed E-state index contributed by atoms with van der Waals surface area (Å²) in [6, 6.07) is 4.31. The minimum absolute atomic E-state index is 0.0972. The molecular weight excluding hydrogens is 193 g/mol. The van der Waals surface area contributed by atoms with Gasteiger partial charge >= 0.3 is 6.18 Å². The lowest BCUT2D eigenvalue weighted by Crippen LogP contribution is -2.10. The molecule has 0 atom stereocenters. The molecule has 0 radical (unpaired) electrons. The normalized spacial score (nSPS) is 11.5. The molecule has 0 aliphatic carbocycles. The summed E-state index contributed by atoms with van der Waals surface area (Å²) in [5.74, 6) is -0.0972. The van der Waals surface area contributed by atoms with E-state index in [0.717, 1.165) is 0 Å². The SMILES string of the molecule is CCOc1cccc(C)c1C(F)(F)F. The Hall–Kier alpha value is -1.19. The lowest BCUT2D eigenvalue weighted by atomic mass is 10.1. The smallest absolute Gasteiger partial charge is 0.420 e. The molecule has 0 bridgehead atoms. The molecule has 1 aromatic rings. The van der Waals surface area contributed by atoms with Crippen molar-refractivity contribution in [3.05, 3.63) is 29.3 Å². The van der Waals surface area contributed by atoms with Gasteiger partial charge in [0.25, 0.3) is 0 Å². The maximum Gasteiger partial charge on any atom is 0.420 e. The third-order valence-corrected chi connectivity index (χ3v) is 1.82. The summed E-state index contributed by atoms with van der Waals surface area (Å²) >= 11 is 0. The van der Waals surface area contributed by atoms with Crippen molar-refractivity contribution in [3.63, 3.8) is 0 Å². The van der Waals surface area contributed by atoms with Gasteiger partial charge in [-0.25, -0.2) is 0 Å². The molecule has 0 saturated carbocycles. The van der Waals surface area contributed by atoms with E-state index in [1.165, 1.54) is 19.1 Å². The summed E-state index contributed by atoms with van der Waals surface area (Å²) < 4.78 is 42.6. The first-order chi connectivity index (χ1) is 6.46. The van der Waals surface area contributed by atoms with Gasteiger partial charge in [0.2, 0.25) is 0 Å². The van der Waals surface area contributed by atoms with Crippen LogP contribution in [0, 0.1) is 6.92 Å². The Morgan fingerprint density at radius 1 is 1.29 bits per heavy atom. The highest BCUT2D eigenvalue weighted by Gasteiger charge is 2.35. The predicted molar refractivity (Wildman–Crippen MR) is 47.4 cm³/mol. The van der Waals surface area contributed by atoms with E-state index in [0.29, 0.717) is 0 Å². The van der Waals surface area contributed by atoms with Gasteiger partial charge in [0.05, 0.1) is 6.61 Å². The number of alkyl halides is 3. The Bertz CT molecular complexity index is 318. The van der Waals surface area contributed by atoms with Crippen LogP contribution in [0.1, 0.15) is 18.1 Å². The maximum atomic E-state index is 12.6. The number of ether oxygens (including phenoxy) is 1. The van der Waals surface area contributed by atoms with Crippen LogP contribution >= 0.6 is 0 Å². The second-order valence-corrected chi connectivity index (χ2v) is 2.88. The largest absolute Gasteiger partial charge is 0.493 e. The van der Waals surface area contributed by atoms with Crippen molar-refractivity contribution in [2.45, 2.75) is 20.0 Å². The summed E-state index contributed by atoms with van der Waals surface area (Å²) in [6.07, 6.45) is -4.35. The van der Waals surface area contributed by atoms with Gasteiger partial charge in [0.1, 0.15) is 11.3 Å². The monoisotopic (exact) mass is 204 g/mol. The first kappa shape index (κ1) is 10.9. The van der Waals surface area contributed by atoms with Crippen LogP contribution in [0.25, 0.3) is 0 Å². The second-order valence-electron chi connectivity index (χ2n) is 2.88. The minimum Gasteiger partial charge on any atom is -0.493 e. The molecule has 0 unspecified atom stereocenters. The summed E-state index contributed by atoms with van der Waals surface area (Å²) in [4.78, 5) is 0. The molecule has 0 N–H and O–H groups in total. The number of halogens is 3. The van der Waals surface area contributed by atoms with Gasteiger partial charge in [-0.3, -0.25) is 0 Å². The maximum absolute atomic E-state index is 12.6. The minimum atomic E-state index is -4.35. The van der Waals surface area contributed by atoms with E-state index in [-0.39, 0.29) is 17.9 Å². The van der Waals surface area contributed by atoms with Gasteiger partial charge in [-0.2, -0.15) is 13.2 Å². The van der Waals surface area contributed by atoms with E-state index in [2.05, 4.69) is 0 Å². The van der Waals surface area contributed by atoms with Gasteiger partial charge in [0.15, 0.2) is 0 Å². The van der Waals surface area contributed by atoms with E-state index in [1.807, 2.05) is 0 Å². The summed E-state index contributed by atoms with van der Waals surface area (Å²) in [5.41, 5.74) is -0.495. The fourth-order valence-electron chi connectivity index (χ4n) is 1.28. The fraction of sp³-hybridized carbons (Fsp3) is 0.400. The molecule has 14 heavy (non-hydrogen) atoms. The summed E-state index contributed by atoms with van der Waals surface area (Å²) in [6.45, 7) is 3.31. The van der Waals surface area contributed by atoms with Crippen LogP contribution < -0.4 is 4.74 Å². The van der Waals surface area contributed by atoms with E-state index < -0.39 is 11.7 Å². The van der Waals surface area contributed by atoms with Crippen LogP contribution in [-0.2, 0) is 6.18 Å². The predicted octanol–water partition coefficient (Wildman–Crippen LogP) is 3.41. The number of hydrogen-bond acceptors (Lipinski definition) is 1. The average molecular weight is 204 g/mol. The zero-order chi connectivity index (χ0) is 10.8. The van der Waals surface area contributed by atoms with Gasteiger partial charge in [-0.05, 0) is 25.5 Å². The van der Waals surface area contributed by atoms with E-state index in [1.54, 1.807) is 13.0 Å². The Morgan fingerprint density at radius 2 is 1.93 bits per heavy atom. The van der Waals surface area contributed by atoms with Gasteiger partial charge in [0, 0.05) is 0 Å². The molecule has 0 spiro atoms. The lowest BCUT2D eigenvalue weighted by Gasteiger charge is -2.15. The van der Waals surface area contributed by atoms with Crippen molar-refractivity contribution < 1.29 is 17.9 Å². The molecule has 0 amide bonds. The number of benzene rings is 1. The molecule has 0 saturated heterocycles. The molecule has 0 fully saturated rings. The van der Waals surface area contributed by atoms with E-state index >= 15 is 0 Å². The molecule has 1 rings (SSSR count). The molecule has 0 aromatic heterocycles. The fourth-order valence-corrected chi connectivity index (χ4v) is 1.28. The van der Waals surface area contributed by atoms with Crippen molar-refractivity contribution in [1.82, 2.24) is 0 Å². The number of aryl methyl sites for hydroxylation is 1. The van der Waals surface area contributed by atoms with Crippen molar-refractivity contribution in [2.75, 3.05) is 6.61 Å². The zero-order valence-electron chi connectivity index (χ0n) is 7.98. The first-order valence-electron chi connectivity index (χ1n) is 4.26. The van der Waals surface area contributed by atoms with Crippen molar-refractivity contribution in [3.8, 4) is 5.75 Å². The Kier molecular flexibility index (Phi) is 3.03. The standard InChI is InChI=1S/C10H11F3O/c1-3-14-8-6-4-5-7(2)9(8)10(11,12)13/h4-6H,3H2,1-2H3. The average Bonchev–Trinajstić information content (AvgIpc) is 2.02. The lowest BCUT2D eigenvalue weighted by molar-refractivity contribution is -0.139. The topological polar surface area (TPSA) is 9.23 Å². The summed E-state index contributed by atoms with van der Waals surface area (Å²) in [7, 11) is 0. The Morgan fingerprint density at radius 3 is 2.43 bits per heavy atom. The quantitative estimate of drug-likeness (QED) is 0.717. The van der Waals surface area contributed by atoms with Gasteiger partial charge in [-0.1, -0.05) is 12.1 Å². The van der Waals surface area contributed by atoms with Crippen molar-refractivity contribution in [1.29, 1.82) is 0 Å². The molecule has 78 valence electrons. The molecule has 1 aromatic carbocycles. The molecule has 0 aliphatic heterocycles. The highest BCUT2D eigenvalue weighted by atomic mass is 19.4. The summed E-state index contributed by atoms with van der Waals surface area (Å²) in [5, 5.41) is 0. The van der Waals surface area contributed by atoms with Crippen molar-refractivity contribution >= 4 is 0 Å².